The van der Waals surface area contributed by atoms with Crippen molar-refractivity contribution in [3.8, 4) is 0 Å². The van der Waals surface area contributed by atoms with Crippen LogP contribution in [0.4, 0.5) is 0 Å². The van der Waals surface area contributed by atoms with E-state index in [4.69, 9.17) is 0 Å². The number of nitrogens with one attached hydrogen (secondary N) is 1. The number of hydrogen-bond donors (Lipinski definition) is 2. The number of nitrogens with zero attached hydrogens (tertiary/aromatic N) is 2. The second-order valence-corrected chi connectivity index (χ2v) is 6.34. The highest BCUT2D eigenvalue weighted by Crippen LogP contribution is 2.16. The molecule has 2 heterocycles. The maximum absolute atomic E-state index is 12.1. The van der Waals surface area contributed by atoms with Gasteiger partial charge < -0.3 is 15.3 Å². The molecule has 5 heteroatoms. The fraction of sp³-hybridized carbons (Fsp3) is 0.933. The van der Waals surface area contributed by atoms with E-state index in [2.05, 4.69) is 29.0 Å². The number of rotatable bonds is 4. The minimum absolute atomic E-state index is 0.113. The van der Waals surface area contributed by atoms with Crippen molar-refractivity contribution in [3.05, 3.63) is 0 Å². The summed E-state index contributed by atoms with van der Waals surface area (Å²) in [5.41, 5.74) is 0. The third-order valence-electron chi connectivity index (χ3n) is 4.77. The lowest BCUT2D eigenvalue weighted by Crippen LogP contribution is -2.50. The van der Waals surface area contributed by atoms with Crippen LogP contribution in [0.15, 0.2) is 0 Å². The molecule has 2 atom stereocenters. The van der Waals surface area contributed by atoms with Crippen LogP contribution in [0, 0.1) is 5.92 Å². The van der Waals surface area contributed by atoms with Gasteiger partial charge in [0.2, 0.25) is 5.91 Å². The molecule has 0 aromatic heterocycles. The van der Waals surface area contributed by atoms with Gasteiger partial charge in [-0.05, 0) is 38.3 Å². The summed E-state index contributed by atoms with van der Waals surface area (Å²) in [5, 5.41) is 13.0. The summed E-state index contributed by atoms with van der Waals surface area (Å²) in [7, 11) is 0. The molecule has 2 N–H and O–H groups in total. The van der Waals surface area contributed by atoms with Gasteiger partial charge in [-0.25, -0.2) is 0 Å². The van der Waals surface area contributed by atoms with Crippen molar-refractivity contribution in [1.29, 1.82) is 0 Å². The largest absolute Gasteiger partial charge is 0.392 e. The van der Waals surface area contributed by atoms with Gasteiger partial charge in [-0.2, -0.15) is 0 Å². The van der Waals surface area contributed by atoms with E-state index in [9.17, 15) is 9.90 Å². The van der Waals surface area contributed by atoms with Gasteiger partial charge >= 0.3 is 0 Å². The van der Waals surface area contributed by atoms with Crippen molar-refractivity contribution in [2.45, 2.75) is 45.3 Å². The summed E-state index contributed by atoms with van der Waals surface area (Å²) in [5.74, 6) is 0.467. The Morgan fingerprint density at radius 3 is 2.45 bits per heavy atom. The molecule has 0 saturated carbocycles. The standard InChI is InChI=1S/C15H29N3O2/c1-3-17-8-5-13(6-9-17)16-15(20)11-18-7-4-12(2)14(19)10-18/h12-14,19H,3-11H2,1-2H3,(H,16,20). The van der Waals surface area contributed by atoms with Crippen molar-refractivity contribution in [2.24, 2.45) is 5.92 Å². The molecule has 20 heavy (non-hydrogen) atoms. The number of aliphatic hydroxyl groups is 1. The van der Waals surface area contributed by atoms with Crippen LogP contribution < -0.4 is 5.32 Å². The summed E-state index contributed by atoms with van der Waals surface area (Å²) < 4.78 is 0. The van der Waals surface area contributed by atoms with E-state index in [0.29, 0.717) is 25.0 Å². The molecule has 0 radical (unpaired) electrons. The van der Waals surface area contributed by atoms with E-state index >= 15 is 0 Å². The van der Waals surface area contributed by atoms with Crippen LogP contribution in [0.25, 0.3) is 0 Å². The first-order valence-corrected chi connectivity index (χ1v) is 8.00. The van der Waals surface area contributed by atoms with Crippen LogP contribution in [-0.4, -0.2) is 72.2 Å². The molecule has 0 aromatic carbocycles. The van der Waals surface area contributed by atoms with Crippen LogP contribution in [0.2, 0.25) is 0 Å². The van der Waals surface area contributed by atoms with Gasteiger partial charge in [-0.1, -0.05) is 13.8 Å². The van der Waals surface area contributed by atoms with E-state index < -0.39 is 0 Å². The van der Waals surface area contributed by atoms with E-state index in [1.807, 2.05) is 0 Å². The zero-order valence-electron chi connectivity index (χ0n) is 12.8. The molecule has 2 rings (SSSR count). The molecule has 5 nitrogen and oxygen atoms in total. The van der Waals surface area contributed by atoms with Gasteiger partial charge in [-0.3, -0.25) is 9.69 Å². The summed E-state index contributed by atoms with van der Waals surface area (Å²) in [6.45, 7) is 9.50. The fourth-order valence-corrected chi connectivity index (χ4v) is 3.13. The molecule has 1 amide bonds. The van der Waals surface area contributed by atoms with Crippen LogP contribution in [0.1, 0.15) is 33.1 Å². The van der Waals surface area contributed by atoms with Crippen molar-refractivity contribution in [1.82, 2.24) is 15.1 Å². The molecule has 2 fully saturated rings. The minimum atomic E-state index is -0.288. The summed E-state index contributed by atoms with van der Waals surface area (Å²) in [4.78, 5) is 16.6. The maximum atomic E-state index is 12.1. The third kappa shape index (κ3) is 4.43. The number of β-amino-alcohol motifs (C(OH)–C–C–N with tert-alkyl or cyclic N) is 1. The third-order valence-corrected chi connectivity index (χ3v) is 4.77. The molecule has 2 unspecified atom stereocenters. The lowest BCUT2D eigenvalue weighted by Gasteiger charge is -2.35. The average Bonchev–Trinajstić information content (AvgIpc) is 2.44. The summed E-state index contributed by atoms with van der Waals surface area (Å²) in [6.07, 6.45) is 2.80. The van der Waals surface area contributed by atoms with Crippen LogP contribution >= 0.6 is 0 Å². The van der Waals surface area contributed by atoms with Crippen molar-refractivity contribution in [2.75, 3.05) is 39.3 Å². The van der Waals surface area contributed by atoms with Gasteiger partial charge in [0.15, 0.2) is 0 Å². The van der Waals surface area contributed by atoms with Gasteiger partial charge in [0.05, 0.1) is 12.6 Å². The number of carbonyl (C=O) groups excluding carboxylic acids is 1. The average molecular weight is 283 g/mol. The summed E-state index contributed by atoms with van der Waals surface area (Å²) in [6, 6.07) is 0.332. The zero-order chi connectivity index (χ0) is 14.5. The Hall–Kier alpha value is -0.650. The van der Waals surface area contributed by atoms with E-state index in [-0.39, 0.29) is 12.0 Å². The van der Waals surface area contributed by atoms with Crippen molar-refractivity contribution >= 4 is 5.91 Å². The second-order valence-electron chi connectivity index (χ2n) is 6.34. The zero-order valence-corrected chi connectivity index (χ0v) is 12.8. The van der Waals surface area contributed by atoms with E-state index in [1.54, 1.807) is 0 Å². The lowest BCUT2D eigenvalue weighted by atomic mass is 9.96. The molecule has 2 saturated heterocycles. The Kier molecular flexibility index (Phi) is 5.81. The first kappa shape index (κ1) is 15.7. The van der Waals surface area contributed by atoms with E-state index in [1.165, 1.54) is 0 Å². The SMILES string of the molecule is CCN1CCC(NC(=O)CN2CCC(C)C(O)C2)CC1. The topological polar surface area (TPSA) is 55.8 Å². The first-order valence-electron chi connectivity index (χ1n) is 8.00. The second kappa shape index (κ2) is 7.38. The molecule has 0 aliphatic carbocycles. The molecule has 0 aromatic rings. The van der Waals surface area contributed by atoms with Crippen LogP contribution in [-0.2, 0) is 4.79 Å². The van der Waals surface area contributed by atoms with Crippen molar-refractivity contribution in [3.63, 3.8) is 0 Å². The van der Waals surface area contributed by atoms with Gasteiger partial charge in [-0.15, -0.1) is 0 Å². The monoisotopic (exact) mass is 283 g/mol. The Morgan fingerprint density at radius 2 is 1.85 bits per heavy atom. The molecule has 0 spiro atoms. The number of likely N-dealkylation sites (tertiary alicyclic amines) is 2. The predicted octanol–water partition coefficient (Wildman–Crippen LogP) is 0.290. The highest BCUT2D eigenvalue weighted by Gasteiger charge is 2.26. The van der Waals surface area contributed by atoms with Gasteiger partial charge in [0.25, 0.3) is 0 Å². The number of carbonyl (C=O) groups is 1. The van der Waals surface area contributed by atoms with E-state index in [0.717, 1.165) is 45.4 Å². The quantitative estimate of drug-likeness (QED) is 0.779. The molecule has 116 valence electrons. The highest BCUT2D eigenvalue weighted by molar-refractivity contribution is 5.78. The number of amides is 1. The molecule has 2 aliphatic heterocycles. The highest BCUT2D eigenvalue weighted by atomic mass is 16.3. The first-order chi connectivity index (χ1) is 9.58. The number of hydrogen-bond acceptors (Lipinski definition) is 4. The lowest BCUT2D eigenvalue weighted by molar-refractivity contribution is -0.124. The fourth-order valence-electron chi connectivity index (χ4n) is 3.13. The Bertz CT molecular complexity index is 316. The minimum Gasteiger partial charge on any atom is -0.392 e. The molecule has 0 bridgehead atoms. The number of piperidine rings is 2. The smallest absolute Gasteiger partial charge is 0.234 e. The molecule has 2 aliphatic rings. The number of aliphatic hydroxyl groups excluding tert-OH is 1. The van der Waals surface area contributed by atoms with Gasteiger partial charge in [0, 0.05) is 25.7 Å². The normalized spacial score (nSPS) is 30.4. The molecular weight excluding hydrogens is 254 g/mol. The molecular formula is C15H29N3O2. The Morgan fingerprint density at radius 1 is 1.20 bits per heavy atom. The predicted molar refractivity (Wildman–Crippen MR) is 79.5 cm³/mol. The summed E-state index contributed by atoms with van der Waals surface area (Å²) >= 11 is 0. The van der Waals surface area contributed by atoms with Crippen LogP contribution in [0.3, 0.4) is 0 Å². The van der Waals surface area contributed by atoms with Crippen molar-refractivity contribution < 1.29 is 9.90 Å². The van der Waals surface area contributed by atoms with Crippen LogP contribution in [0.5, 0.6) is 0 Å². The van der Waals surface area contributed by atoms with Gasteiger partial charge in [0.1, 0.15) is 0 Å². The Labute approximate surface area is 122 Å². The maximum Gasteiger partial charge on any atom is 0.234 e. The Balaban J connectivity index is 1.68.